The molecule has 2 N–H and O–H groups in total. The van der Waals surface area contributed by atoms with Crippen LogP contribution in [-0.2, 0) is 10.1 Å². The number of ether oxygens (including phenoxy) is 1. The van der Waals surface area contributed by atoms with Crippen molar-refractivity contribution in [1.82, 2.24) is 0 Å². The molecule has 1 aromatic heterocycles. The van der Waals surface area contributed by atoms with E-state index in [4.69, 9.17) is 14.7 Å². The molecule has 7 heteroatoms. The lowest BCUT2D eigenvalue weighted by Gasteiger charge is -2.15. The maximum Gasteiger partial charge on any atom is 0.339 e. The first-order valence-electron chi connectivity index (χ1n) is 9.32. The molecule has 0 aliphatic carbocycles. The third-order valence-electron chi connectivity index (χ3n) is 4.37. The number of rotatable bonds is 7. The largest absolute Gasteiger partial charge is 0.433 e. The standard InChI is InChI=1S/C22H24N2O4S/c1-4-22(24-11-9-18(23)10-12-24)27-19-13-17(3)14-20(15-19)28-29(25,26)21-7-5-16(2)6-8-21/h5-15,22-23H,4H2,1-3H3/p+1. The highest BCUT2D eigenvalue weighted by Gasteiger charge is 2.20. The lowest BCUT2D eigenvalue weighted by Crippen LogP contribution is -2.41. The van der Waals surface area contributed by atoms with Crippen molar-refractivity contribution in [3.05, 3.63) is 78.1 Å². The van der Waals surface area contributed by atoms with Gasteiger partial charge in [-0.1, -0.05) is 24.6 Å². The van der Waals surface area contributed by atoms with Gasteiger partial charge in [0.1, 0.15) is 16.4 Å². The highest BCUT2D eigenvalue weighted by atomic mass is 32.2. The molecular weight excluding hydrogens is 388 g/mol. The van der Waals surface area contributed by atoms with Crippen molar-refractivity contribution >= 4 is 15.8 Å². The second-order valence-corrected chi connectivity index (χ2v) is 8.44. The van der Waals surface area contributed by atoms with E-state index in [1.807, 2.05) is 43.8 Å². The number of nitrogen functional groups attached to an aromatic ring is 1. The quantitative estimate of drug-likeness (QED) is 0.469. The third kappa shape index (κ3) is 5.26. The minimum atomic E-state index is -3.93. The molecule has 0 aliphatic rings. The number of pyridine rings is 1. The van der Waals surface area contributed by atoms with Crippen LogP contribution in [0.15, 0.2) is 71.9 Å². The Kier molecular flexibility index (Phi) is 6.08. The summed E-state index contributed by atoms with van der Waals surface area (Å²) in [7, 11) is -3.93. The summed E-state index contributed by atoms with van der Waals surface area (Å²) in [5.41, 5.74) is 8.22. The lowest BCUT2D eigenvalue weighted by molar-refractivity contribution is -0.754. The molecule has 0 bridgehead atoms. The number of nitrogens with two attached hydrogens (primary N) is 1. The van der Waals surface area contributed by atoms with Crippen LogP contribution in [0.2, 0.25) is 0 Å². The predicted octanol–water partition coefficient (Wildman–Crippen LogP) is 3.93. The monoisotopic (exact) mass is 413 g/mol. The first-order chi connectivity index (χ1) is 13.8. The van der Waals surface area contributed by atoms with Crippen LogP contribution in [-0.4, -0.2) is 8.42 Å². The number of benzene rings is 2. The molecule has 1 unspecified atom stereocenters. The van der Waals surface area contributed by atoms with Crippen molar-refractivity contribution in [3.63, 3.8) is 0 Å². The number of hydrogen-bond acceptors (Lipinski definition) is 5. The Labute approximate surface area is 171 Å². The van der Waals surface area contributed by atoms with Gasteiger partial charge in [-0.25, -0.2) is 0 Å². The molecule has 0 spiro atoms. The van der Waals surface area contributed by atoms with Gasteiger partial charge >= 0.3 is 16.3 Å². The van der Waals surface area contributed by atoms with Crippen LogP contribution in [0.4, 0.5) is 5.69 Å². The van der Waals surface area contributed by atoms with E-state index >= 15 is 0 Å². The fourth-order valence-electron chi connectivity index (χ4n) is 2.86. The average molecular weight is 414 g/mol. The fraction of sp³-hybridized carbons (Fsp3) is 0.227. The van der Waals surface area contributed by atoms with Gasteiger partial charge in [-0.05, 0) is 43.7 Å². The maximum atomic E-state index is 12.6. The highest BCUT2D eigenvalue weighted by molar-refractivity contribution is 7.87. The van der Waals surface area contributed by atoms with Gasteiger partial charge in [0.2, 0.25) is 0 Å². The number of nitrogens with zero attached hydrogens (tertiary/aromatic N) is 1. The molecule has 0 saturated heterocycles. The van der Waals surface area contributed by atoms with Crippen LogP contribution >= 0.6 is 0 Å². The molecule has 3 rings (SSSR count). The third-order valence-corrected chi connectivity index (χ3v) is 5.63. The van der Waals surface area contributed by atoms with Crippen LogP contribution in [0.5, 0.6) is 11.5 Å². The molecule has 1 atom stereocenters. The average Bonchev–Trinajstić information content (AvgIpc) is 2.66. The minimum Gasteiger partial charge on any atom is -0.433 e. The summed E-state index contributed by atoms with van der Waals surface area (Å²) in [6, 6.07) is 15.2. The van der Waals surface area contributed by atoms with Gasteiger partial charge in [-0.2, -0.15) is 13.0 Å². The van der Waals surface area contributed by atoms with E-state index in [0.29, 0.717) is 17.9 Å². The van der Waals surface area contributed by atoms with Crippen molar-refractivity contribution in [2.45, 2.75) is 38.3 Å². The lowest BCUT2D eigenvalue weighted by atomic mass is 10.2. The molecule has 1 heterocycles. The smallest absolute Gasteiger partial charge is 0.339 e. The van der Waals surface area contributed by atoms with E-state index in [1.54, 1.807) is 36.4 Å². The van der Waals surface area contributed by atoms with Crippen LogP contribution in [0.3, 0.4) is 0 Å². The molecule has 6 nitrogen and oxygen atoms in total. The van der Waals surface area contributed by atoms with E-state index < -0.39 is 10.1 Å². The Morgan fingerprint density at radius 2 is 1.55 bits per heavy atom. The van der Waals surface area contributed by atoms with Crippen molar-refractivity contribution in [2.24, 2.45) is 0 Å². The number of hydrogen-bond donors (Lipinski definition) is 1. The van der Waals surface area contributed by atoms with Crippen LogP contribution in [0.1, 0.15) is 30.7 Å². The van der Waals surface area contributed by atoms with Crippen molar-refractivity contribution < 1.29 is 21.9 Å². The van der Waals surface area contributed by atoms with Crippen molar-refractivity contribution in [2.75, 3.05) is 5.73 Å². The van der Waals surface area contributed by atoms with Gasteiger partial charge in [0.15, 0.2) is 12.4 Å². The number of aryl methyl sites for hydroxylation is 2. The summed E-state index contributed by atoms with van der Waals surface area (Å²) in [5, 5.41) is 0. The Balaban J connectivity index is 1.83. The number of aromatic nitrogens is 1. The topological polar surface area (TPSA) is 82.5 Å². The zero-order valence-corrected chi connectivity index (χ0v) is 17.5. The predicted molar refractivity (Wildman–Crippen MR) is 111 cm³/mol. The Hall–Kier alpha value is -3.06. The molecule has 0 amide bonds. The highest BCUT2D eigenvalue weighted by Crippen LogP contribution is 2.27. The Morgan fingerprint density at radius 1 is 0.931 bits per heavy atom. The molecule has 0 radical (unpaired) electrons. The first-order valence-corrected chi connectivity index (χ1v) is 10.7. The summed E-state index contributed by atoms with van der Waals surface area (Å²) in [5.74, 6) is 0.730. The van der Waals surface area contributed by atoms with E-state index in [1.165, 1.54) is 12.1 Å². The van der Waals surface area contributed by atoms with Gasteiger partial charge in [-0.3, -0.25) is 0 Å². The summed E-state index contributed by atoms with van der Waals surface area (Å²) in [6.45, 7) is 5.75. The normalized spacial score (nSPS) is 12.4. The summed E-state index contributed by atoms with van der Waals surface area (Å²) >= 11 is 0. The molecule has 0 saturated carbocycles. The molecule has 3 aromatic rings. The summed E-state index contributed by atoms with van der Waals surface area (Å²) in [4.78, 5) is 0.107. The van der Waals surface area contributed by atoms with Crippen LogP contribution in [0.25, 0.3) is 0 Å². The van der Waals surface area contributed by atoms with E-state index in [9.17, 15) is 8.42 Å². The molecule has 2 aromatic carbocycles. The SMILES string of the molecule is CCC(Oc1cc(C)cc(OS(=O)(=O)c2ccc(C)cc2)c1)[n+]1ccc(N)cc1. The Bertz CT molecular complexity index is 1080. The summed E-state index contributed by atoms with van der Waals surface area (Å²) < 4.78 is 38.5. The Morgan fingerprint density at radius 3 is 2.17 bits per heavy atom. The molecule has 152 valence electrons. The van der Waals surface area contributed by atoms with Crippen LogP contribution in [0, 0.1) is 13.8 Å². The molecule has 29 heavy (non-hydrogen) atoms. The molecular formula is C22H25N2O4S+. The van der Waals surface area contributed by atoms with Gasteiger partial charge in [0.05, 0.1) is 0 Å². The first kappa shape index (κ1) is 20.7. The zero-order chi connectivity index (χ0) is 21.0. The van der Waals surface area contributed by atoms with E-state index in [2.05, 4.69) is 0 Å². The number of anilines is 1. The van der Waals surface area contributed by atoms with Gasteiger partial charge in [0.25, 0.3) is 0 Å². The van der Waals surface area contributed by atoms with Gasteiger partial charge in [-0.15, -0.1) is 0 Å². The second kappa shape index (κ2) is 8.53. The maximum absolute atomic E-state index is 12.6. The molecule has 0 aliphatic heterocycles. The minimum absolute atomic E-state index is 0.107. The fourth-order valence-corrected chi connectivity index (χ4v) is 3.78. The van der Waals surface area contributed by atoms with E-state index in [-0.39, 0.29) is 16.9 Å². The van der Waals surface area contributed by atoms with Gasteiger partial charge in [0, 0.05) is 30.3 Å². The second-order valence-electron chi connectivity index (χ2n) is 6.89. The zero-order valence-electron chi connectivity index (χ0n) is 16.7. The van der Waals surface area contributed by atoms with Crippen molar-refractivity contribution in [1.29, 1.82) is 0 Å². The van der Waals surface area contributed by atoms with E-state index in [0.717, 1.165) is 11.1 Å². The van der Waals surface area contributed by atoms with Crippen molar-refractivity contribution in [3.8, 4) is 11.5 Å². The molecule has 0 fully saturated rings. The summed E-state index contributed by atoms with van der Waals surface area (Å²) in [6.07, 6.45) is 4.14. The van der Waals surface area contributed by atoms with Crippen LogP contribution < -0.4 is 19.2 Å². The van der Waals surface area contributed by atoms with Gasteiger partial charge < -0.3 is 14.7 Å².